The maximum absolute atomic E-state index is 6.08. The second-order valence-electron chi connectivity index (χ2n) is 6.73. The van der Waals surface area contributed by atoms with Crippen molar-refractivity contribution in [3.8, 4) is 5.75 Å². The number of nitrogens with zero attached hydrogens (tertiary/aromatic N) is 1. The normalized spacial score (nSPS) is 15.6. The maximum atomic E-state index is 6.08. The lowest BCUT2D eigenvalue weighted by Gasteiger charge is -2.31. The first-order chi connectivity index (χ1) is 10.6. The van der Waals surface area contributed by atoms with E-state index in [1.165, 1.54) is 11.3 Å². The molecule has 124 valence electrons. The van der Waals surface area contributed by atoms with E-state index < -0.39 is 0 Å². The van der Waals surface area contributed by atoms with Gasteiger partial charge in [-0.1, -0.05) is 19.9 Å². The Kier molecular flexibility index (Phi) is 6.52. The van der Waals surface area contributed by atoms with Crippen molar-refractivity contribution in [1.29, 1.82) is 0 Å². The fourth-order valence-corrected chi connectivity index (χ4v) is 2.69. The van der Waals surface area contributed by atoms with Crippen molar-refractivity contribution in [2.24, 2.45) is 5.92 Å². The molecule has 0 aromatic heterocycles. The molecule has 1 aromatic rings. The van der Waals surface area contributed by atoms with Crippen LogP contribution in [-0.4, -0.2) is 38.8 Å². The Bertz CT molecular complexity index is 454. The highest BCUT2D eigenvalue weighted by atomic mass is 16.5. The molecule has 0 spiro atoms. The van der Waals surface area contributed by atoms with Crippen LogP contribution in [0.25, 0.3) is 0 Å². The van der Waals surface area contributed by atoms with Crippen molar-refractivity contribution in [3.63, 3.8) is 0 Å². The van der Waals surface area contributed by atoms with Crippen molar-refractivity contribution in [2.75, 3.05) is 37.6 Å². The van der Waals surface area contributed by atoms with Crippen molar-refractivity contribution in [3.05, 3.63) is 23.8 Å². The van der Waals surface area contributed by atoms with Gasteiger partial charge in [0.1, 0.15) is 5.75 Å². The Balaban J connectivity index is 2.11. The van der Waals surface area contributed by atoms with Gasteiger partial charge in [0.15, 0.2) is 0 Å². The zero-order valence-corrected chi connectivity index (χ0v) is 14.5. The van der Waals surface area contributed by atoms with E-state index in [1.807, 2.05) is 0 Å². The number of hydrogen-bond acceptors (Lipinski definition) is 4. The number of nitrogens with one attached hydrogen (secondary N) is 2. The van der Waals surface area contributed by atoms with Crippen LogP contribution in [0, 0.1) is 5.92 Å². The van der Waals surface area contributed by atoms with E-state index in [-0.39, 0.29) is 6.10 Å². The van der Waals surface area contributed by atoms with Gasteiger partial charge in [0, 0.05) is 32.7 Å². The number of rotatable bonds is 7. The molecule has 0 bridgehead atoms. The highest BCUT2D eigenvalue weighted by molar-refractivity contribution is 5.60. The number of ether oxygens (including phenoxy) is 1. The Morgan fingerprint density at radius 1 is 1.18 bits per heavy atom. The van der Waals surface area contributed by atoms with Gasteiger partial charge in [0.25, 0.3) is 0 Å². The average molecular weight is 305 g/mol. The standard InChI is InChI=1S/C18H31N3O/c1-14(2)12-20-13-16-5-6-17(18(11-16)22-15(3)4)21-9-7-19-8-10-21/h5-6,11,14-15,19-20H,7-10,12-13H2,1-4H3. The van der Waals surface area contributed by atoms with Crippen LogP contribution in [0.5, 0.6) is 5.75 Å². The predicted octanol–water partition coefficient (Wildman–Crippen LogP) is 2.63. The molecule has 4 heteroatoms. The van der Waals surface area contributed by atoms with Gasteiger partial charge < -0.3 is 20.3 Å². The minimum Gasteiger partial charge on any atom is -0.489 e. The van der Waals surface area contributed by atoms with Crippen LogP contribution in [0.1, 0.15) is 33.3 Å². The van der Waals surface area contributed by atoms with Crippen LogP contribution in [0.4, 0.5) is 5.69 Å². The molecule has 1 heterocycles. The zero-order chi connectivity index (χ0) is 15.9. The molecule has 0 amide bonds. The van der Waals surface area contributed by atoms with Gasteiger partial charge in [-0.2, -0.15) is 0 Å². The molecule has 1 aromatic carbocycles. The van der Waals surface area contributed by atoms with Crippen LogP contribution in [0.15, 0.2) is 18.2 Å². The van der Waals surface area contributed by atoms with E-state index in [0.29, 0.717) is 5.92 Å². The van der Waals surface area contributed by atoms with E-state index >= 15 is 0 Å². The summed E-state index contributed by atoms with van der Waals surface area (Å²) in [5.41, 5.74) is 2.51. The Morgan fingerprint density at radius 2 is 1.91 bits per heavy atom. The summed E-state index contributed by atoms with van der Waals surface area (Å²) in [6.07, 6.45) is 0.195. The van der Waals surface area contributed by atoms with Crippen LogP contribution >= 0.6 is 0 Å². The van der Waals surface area contributed by atoms with Gasteiger partial charge in [-0.15, -0.1) is 0 Å². The number of hydrogen-bond donors (Lipinski definition) is 2. The lowest BCUT2D eigenvalue weighted by Crippen LogP contribution is -2.43. The Morgan fingerprint density at radius 3 is 2.55 bits per heavy atom. The van der Waals surface area contributed by atoms with Crippen LogP contribution in [0.3, 0.4) is 0 Å². The molecule has 2 rings (SSSR count). The van der Waals surface area contributed by atoms with Crippen molar-refractivity contribution in [1.82, 2.24) is 10.6 Å². The molecule has 1 fully saturated rings. The molecule has 0 atom stereocenters. The van der Waals surface area contributed by atoms with Gasteiger partial charge in [0.05, 0.1) is 11.8 Å². The molecule has 1 aliphatic rings. The van der Waals surface area contributed by atoms with E-state index in [9.17, 15) is 0 Å². The van der Waals surface area contributed by atoms with Gasteiger partial charge in [0.2, 0.25) is 0 Å². The topological polar surface area (TPSA) is 36.5 Å². The molecule has 0 radical (unpaired) electrons. The molecule has 0 aliphatic carbocycles. The SMILES string of the molecule is CC(C)CNCc1ccc(N2CCNCC2)c(OC(C)C)c1. The first kappa shape index (κ1) is 17.1. The molecule has 1 saturated heterocycles. The second-order valence-corrected chi connectivity index (χ2v) is 6.73. The van der Waals surface area contributed by atoms with Gasteiger partial charge >= 0.3 is 0 Å². The van der Waals surface area contributed by atoms with E-state index in [4.69, 9.17) is 4.74 Å². The highest BCUT2D eigenvalue weighted by Gasteiger charge is 2.16. The quantitative estimate of drug-likeness (QED) is 0.812. The Labute approximate surface area is 135 Å². The van der Waals surface area contributed by atoms with E-state index in [1.54, 1.807) is 0 Å². The Hall–Kier alpha value is -1.26. The second kappa shape index (κ2) is 8.39. The van der Waals surface area contributed by atoms with Gasteiger partial charge in [-0.25, -0.2) is 0 Å². The van der Waals surface area contributed by atoms with Crippen LogP contribution in [-0.2, 0) is 6.54 Å². The molecule has 1 aliphatic heterocycles. The summed E-state index contributed by atoms with van der Waals surface area (Å²) in [6, 6.07) is 6.64. The average Bonchev–Trinajstić information content (AvgIpc) is 2.47. The number of anilines is 1. The van der Waals surface area contributed by atoms with Gasteiger partial charge in [-0.05, 0) is 44.0 Å². The van der Waals surface area contributed by atoms with Crippen molar-refractivity contribution < 1.29 is 4.74 Å². The summed E-state index contributed by atoms with van der Waals surface area (Å²) >= 11 is 0. The third-order valence-electron chi connectivity index (χ3n) is 3.73. The van der Waals surface area contributed by atoms with Crippen LogP contribution in [0.2, 0.25) is 0 Å². The third kappa shape index (κ3) is 5.18. The lowest BCUT2D eigenvalue weighted by atomic mass is 10.1. The smallest absolute Gasteiger partial charge is 0.143 e. The van der Waals surface area contributed by atoms with Crippen molar-refractivity contribution in [2.45, 2.75) is 40.3 Å². The highest BCUT2D eigenvalue weighted by Crippen LogP contribution is 2.30. The number of benzene rings is 1. The number of piperazine rings is 1. The van der Waals surface area contributed by atoms with Crippen LogP contribution < -0.4 is 20.3 Å². The third-order valence-corrected chi connectivity index (χ3v) is 3.73. The fraction of sp³-hybridized carbons (Fsp3) is 0.667. The van der Waals surface area contributed by atoms with Gasteiger partial charge in [-0.3, -0.25) is 0 Å². The molecular weight excluding hydrogens is 274 g/mol. The van der Waals surface area contributed by atoms with E-state index in [2.05, 4.69) is 61.4 Å². The molecule has 0 saturated carbocycles. The minimum atomic E-state index is 0.195. The fourth-order valence-electron chi connectivity index (χ4n) is 2.69. The summed E-state index contributed by atoms with van der Waals surface area (Å²) in [7, 11) is 0. The molecular formula is C18H31N3O. The summed E-state index contributed by atoms with van der Waals surface area (Å²) < 4.78 is 6.08. The largest absolute Gasteiger partial charge is 0.489 e. The van der Waals surface area contributed by atoms with E-state index in [0.717, 1.165) is 45.0 Å². The summed E-state index contributed by atoms with van der Waals surface area (Å²) in [6.45, 7) is 14.7. The molecule has 0 unspecified atom stereocenters. The lowest BCUT2D eigenvalue weighted by molar-refractivity contribution is 0.242. The molecule has 4 nitrogen and oxygen atoms in total. The first-order valence-corrected chi connectivity index (χ1v) is 8.52. The maximum Gasteiger partial charge on any atom is 0.143 e. The van der Waals surface area contributed by atoms with Crippen molar-refractivity contribution >= 4 is 5.69 Å². The predicted molar refractivity (Wildman–Crippen MR) is 93.8 cm³/mol. The monoisotopic (exact) mass is 305 g/mol. The molecule has 2 N–H and O–H groups in total. The summed E-state index contributed by atoms with van der Waals surface area (Å²) in [5.74, 6) is 1.69. The zero-order valence-electron chi connectivity index (χ0n) is 14.5. The molecule has 22 heavy (non-hydrogen) atoms. The summed E-state index contributed by atoms with van der Waals surface area (Å²) in [5, 5.41) is 6.90. The summed E-state index contributed by atoms with van der Waals surface area (Å²) in [4.78, 5) is 2.42. The first-order valence-electron chi connectivity index (χ1n) is 8.52. The minimum absolute atomic E-state index is 0.195.